The molecule has 2 aliphatic carbocycles. The molecule has 0 radical (unpaired) electrons. The maximum Gasteiger partial charge on any atom is 0.407 e. The van der Waals surface area contributed by atoms with Gasteiger partial charge in [-0.1, -0.05) is 55.0 Å². The zero-order chi connectivity index (χ0) is 24.6. The number of hydrogen-bond donors (Lipinski definition) is 2. The summed E-state index contributed by atoms with van der Waals surface area (Å²) in [5.41, 5.74) is 3.60. The van der Waals surface area contributed by atoms with Gasteiger partial charge < -0.3 is 24.8 Å². The predicted octanol–water partition coefficient (Wildman–Crippen LogP) is 3.25. The van der Waals surface area contributed by atoms with Gasteiger partial charge in [0.2, 0.25) is 5.91 Å². The number of carbonyl (C=O) groups is 3. The fraction of sp³-hybridized carbons (Fsp3) is 0.444. The Labute approximate surface area is 204 Å². The Morgan fingerprint density at radius 1 is 1.11 bits per heavy atom. The summed E-state index contributed by atoms with van der Waals surface area (Å²) in [7, 11) is 1.46. The number of nitrogens with zero attached hydrogens (tertiary/aromatic N) is 1. The first-order chi connectivity index (χ1) is 16.9. The zero-order valence-corrected chi connectivity index (χ0v) is 19.7. The minimum atomic E-state index is -0.944. The summed E-state index contributed by atoms with van der Waals surface area (Å²) in [4.78, 5) is 39.5. The van der Waals surface area contributed by atoms with Crippen LogP contribution in [0.25, 0.3) is 11.1 Å². The van der Waals surface area contributed by atoms with Crippen LogP contribution in [0.15, 0.2) is 48.5 Å². The number of aliphatic carboxylic acids is 1. The van der Waals surface area contributed by atoms with Gasteiger partial charge in [0.1, 0.15) is 12.6 Å². The van der Waals surface area contributed by atoms with Crippen LogP contribution < -0.4 is 5.32 Å². The van der Waals surface area contributed by atoms with Crippen molar-refractivity contribution in [3.63, 3.8) is 0 Å². The predicted molar refractivity (Wildman–Crippen MR) is 128 cm³/mol. The molecule has 0 aromatic heterocycles. The largest absolute Gasteiger partial charge is 0.481 e. The number of hydrogen-bond acceptors (Lipinski definition) is 5. The molecule has 1 unspecified atom stereocenters. The SMILES string of the molecule is COCC(NC(=O)OCC1c2ccccc2-c2ccccc21)C(=O)N1C[C@@H]2CCC[C@]2(C(=O)O)C1. The van der Waals surface area contributed by atoms with E-state index >= 15 is 0 Å². The molecule has 5 rings (SSSR count). The Kier molecular flexibility index (Phi) is 6.23. The Bertz CT molecular complexity index is 1100. The lowest BCUT2D eigenvalue weighted by Gasteiger charge is -2.26. The van der Waals surface area contributed by atoms with Crippen LogP contribution in [0.3, 0.4) is 0 Å². The number of carboxylic acids is 1. The topological polar surface area (TPSA) is 105 Å². The summed E-state index contributed by atoms with van der Waals surface area (Å²) in [6.07, 6.45) is 1.53. The third-order valence-electron chi connectivity index (χ3n) is 7.88. The molecule has 1 saturated heterocycles. The van der Waals surface area contributed by atoms with E-state index in [-0.39, 0.29) is 37.5 Å². The highest BCUT2D eigenvalue weighted by molar-refractivity contribution is 5.88. The number of ether oxygens (including phenoxy) is 2. The van der Waals surface area contributed by atoms with Crippen molar-refractivity contribution in [3.8, 4) is 11.1 Å². The summed E-state index contributed by atoms with van der Waals surface area (Å²) >= 11 is 0. The molecule has 2 amide bonds. The number of fused-ring (bicyclic) bond motifs is 4. The number of alkyl carbamates (subject to hydrolysis) is 1. The van der Waals surface area contributed by atoms with E-state index < -0.39 is 23.5 Å². The standard InChI is InChI=1S/C27H30N2O6/c1-34-15-23(24(30)29-13-17-7-6-12-27(17,16-29)25(31)32)28-26(33)35-14-22-20-10-4-2-8-18(20)19-9-3-5-11-21(19)22/h2-5,8-11,17,22-23H,6-7,12-16H2,1H3,(H,28,33)(H,31,32)/t17-,23?,27-/m0/s1. The third-order valence-corrected chi connectivity index (χ3v) is 7.88. The summed E-state index contributed by atoms with van der Waals surface area (Å²) in [6, 6.07) is 15.2. The molecule has 2 aromatic rings. The van der Waals surface area contributed by atoms with Crippen LogP contribution in [0.4, 0.5) is 4.79 Å². The Morgan fingerprint density at radius 2 is 1.77 bits per heavy atom. The maximum atomic E-state index is 13.2. The average molecular weight is 479 g/mol. The molecule has 3 atom stereocenters. The highest BCUT2D eigenvalue weighted by Crippen LogP contribution is 2.49. The van der Waals surface area contributed by atoms with Gasteiger partial charge in [0, 0.05) is 26.1 Å². The first-order valence-electron chi connectivity index (χ1n) is 12.1. The summed E-state index contributed by atoms with van der Waals surface area (Å²) in [6.45, 7) is 0.669. The molecule has 2 fully saturated rings. The quantitative estimate of drug-likeness (QED) is 0.633. The highest BCUT2D eigenvalue weighted by Gasteiger charge is 2.56. The van der Waals surface area contributed by atoms with E-state index in [0.717, 1.165) is 35.1 Å². The van der Waals surface area contributed by atoms with Gasteiger partial charge in [0.25, 0.3) is 0 Å². The van der Waals surface area contributed by atoms with Crippen LogP contribution in [0, 0.1) is 11.3 Å². The lowest BCUT2D eigenvalue weighted by Crippen LogP contribution is -2.51. The monoisotopic (exact) mass is 478 g/mol. The van der Waals surface area contributed by atoms with E-state index in [1.807, 2.05) is 36.4 Å². The number of nitrogens with one attached hydrogen (secondary N) is 1. The van der Waals surface area contributed by atoms with E-state index in [4.69, 9.17) is 9.47 Å². The van der Waals surface area contributed by atoms with Crippen molar-refractivity contribution in [1.29, 1.82) is 0 Å². The van der Waals surface area contributed by atoms with E-state index in [1.54, 1.807) is 4.90 Å². The smallest absolute Gasteiger partial charge is 0.407 e. The van der Waals surface area contributed by atoms with Gasteiger partial charge in [0.05, 0.1) is 12.0 Å². The molecule has 1 aliphatic heterocycles. The number of benzene rings is 2. The van der Waals surface area contributed by atoms with Crippen molar-refractivity contribution < 1.29 is 29.0 Å². The molecule has 2 aromatic carbocycles. The Balaban J connectivity index is 1.24. The van der Waals surface area contributed by atoms with Crippen LogP contribution in [0.5, 0.6) is 0 Å². The summed E-state index contributed by atoms with van der Waals surface area (Å²) < 4.78 is 10.8. The first-order valence-corrected chi connectivity index (χ1v) is 12.1. The molecule has 8 heteroatoms. The minimum absolute atomic E-state index is 0.0235. The van der Waals surface area contributed by atoms with Crippen LogP contribution in [-0.4, -0.2) is 67.4 Å². The fourth-order valence-electron chi connectivity index (χ4n) is 6.15. The van der Waals surface area contributed by atoms with E-state index in [1.165, 1.54) is 7.11 Å². The van der Waals surface area contributed by atoms with Gasteiger partial charge in [-0.05, 0) is 41.0 Å². The van der Waals surface area contributed by atoms with Gasteiger partial charge in [-0.25, -0.2) is 4.79 Å². The minimum Gasteiger partial charge on any atom is -0.481 e. The van der Waals surface area contributed by atoms with Crippen LogP contribution >= 0.6 is 0 Å². The van der Waals surface area contributed by atoms with Crippen molar-refractivity contribution in [1.82, 2.24) is 10.2 Å². The Morgan fingerprint density at radius 3 is 2.37 bits per heavy atom. The van der Waals surface area contributed by atoms with Gasteiger partial charge in [-0.3, -0.25) is 9.59 Å². The molecule has 1 heterocycles. The van der Waals surface area contributed by atoms with Crippen molar-refractivity contribution in [2.45, 2.75) is 31.2 Å². The second kappa shape index (κ2) is 9.34. The van der Waals surface area contributed by atoms with E-state index in [0.29, 0.717) is 13.0 Å². The first kappa shape index (κ1) is 23.4. The number of likely N-dealkylation sites (tertiary alicyclic amines) is 1. The van der Waals surface area contributed by atoms with Gasteiger partial charge >= 0.3 is 12.1 Å². The number of carboxylic acid groups (broad SMARTS) is 1. The number of amides is 2. The highest BCUT2D eigenvalue weighted by atomic mass is 16.5. The van der Waals surface area contributed by atoms with Gasteiger partial charge in [-0.15, -0.1) is 0 Å². The molecular weight excluding hydrogens is 448 g/mol. The molecule has 0 spiro atoms. The van der Waals surface area contributed by atoms with Crippen LogP contribution in [0.2, 0.25) is 0 Å². The molecule has 8 nitrogen and oxygen atoms in total. The number of carbonyl (C=O) groups excluding carboxylic acids is 2. The second-order valence-electron chi connectivity index (χ2n) is 9.75. The normalized spacial score (nSPS) is 23.3. The third kappa shape index (κ3) is 4.05. The molecule has 0 bridgehead atoms. The average Bonchev–Trinajstić information content (AvgIpc) is 3.52. The van der Waals surface area contributed by atoms with Crippen molar-refractivity contribution in [2.24, 2.45) is 11.3 Å². The van der Waals surface area contributed by atoms with Crippen LogP contribution in [-0.2, 0) is 19.1 Å². The zero-order valence-electron chi connectivity index (χ0n) is 19.7. The maximum absolute atomic E-state index is 13.2. The van der Waals surface area contributed by atoms with Crippen molar-refractivity contribution in [2.75, 3.05) is 33.4 Å². The summed E-state index contributed by atoms with van der Waals surface area (Å²) in [5.74, 6) is -1.32. The van der Waals surface area contributed by atoms with E-state index in [2.05, 4.69) is 17.4 Å². The Hall–Kier alpha value is -3.39. The lowest BCUT2D eigenvalue weighted by atomic mass is 9.81. The lowest BCUT2D eigenvalue weighted by molar-refractivity contribution is -0.149. The molecule has 3 aliphatic rings. The van der Waals surface area contributed by atoms with Gasteiger partial charge in [-0.2, -0.15) is 0 Å². The molecule has 184 valence electrons. The molecule has 1 saturated carbocycles. The number of rotatable bonds is 7. The van der Waals surface area contributed by atoms with Crippen LogP contribution in [0.1, 0.15) is 36.3 Å². The summed E-state index contributed by atoms with van der Waals surface area (Å²) in [5, 5.41) is 12.5. The molecular formula is C27H30N2O6. The number of methoxy groups -OCH3 is 1. The van der Waals surface area contributed by atoms with E-state index in [9.17, 15) is 19.5 Å². The fourth-order valence-corrected chi connectivity index (χ4v) is 6.15. The molecule has 2 N–H and O–H groups in total. The van der Waals surface area contributed by atoms with Crippen molar-refractivity contribution in [3.05, 3.63) is 59.7 Å². The second-order valence-corrected chi connectivity index (χ2v) is 9.75. The molecule has 35 heavy (non-hydrogen) atoms. The van der Waals surface area contributed by atoms with Gasteiger partial charge in [0.15, 0.2) is 0 Å². The van der Waals surface area contributed by atoms with Crippen molar-refractivity contribution >= 4 is 18.0 Å².